The van der Waals surface area contributed by atoms with Gasteiger partial charge in [0.05, 0.1) is 5.75 Å². The standard InChI is InChI=1S/C12H14ClN3S2/c1-8(2)14-12-15-11(16-18-12)7-17-10-5-3-9(13)4-6-10/h3-6,8H,7H2,1-2H3,(H,14,15,16). The van der Waals surface area contributed by atoms with E-state index in [4.69, 9.17) is 11.6 Å². The molecule has 0 saturated heterocycles. The second kappa shape index (κ2) is 6.41. The van der Waals surface area contributed by atoms with Crippen molar-refractivity contribution < 1.29 is 0 Å². The van der Waals surface area contributed by atoms with Crippen LogP contribution >= 0.6 is 34.9 Å². The van der Waals surface area contributed by atoms with Gasteiger partial charge in [-0.1, -0.05) is 11.6 Å². The summed E-state index contributed by atoms with van der Waals surface area (Å²) < 4.78 is 4.32. The topological polar surface area (TPSA) is 37.8 Å². The van der Waals surface area contributed by atoms with Crippen molar-refractivity contribution in [1.29, 1.82) is 0 Å². The van der Waals surface area contributed by atoms with E-state index in [1.165, 1.54) is 16.4 Å². The van der Waals surface area contributed by atoms with Crippen LogP contribution in [0.15, 0.2) is 29.2 Å². The van der Waals surface area contributed by atoms with Gasteiger partial charge in [0.1, 0.15) is 0 Å². The van der Waals surface area contributed by atoms with Crippen molar-refractivity contribution in [2.75, 3.05) is 5.32 Å². The third-order valence-electron chi connectivity index (χ3n) is 2.06. The fraction of sp³-hybridized carbons (Fsp3) is 0.333. The minimum Gasteiger partial charge on any atom is -0.358 e. The summed E-state index contributed by atoms with van der Waals surface area (Å²) in [7, 11) is 0. The van der Waals surface area contributed by atoms with Gasteiger partial charge in [-0.25, -0.2) is 4.98 Å². The van der Waals surface area contributed by atoms with Crippen LogP contribution in [-0.4, -0.2) is 15.4 Å². The monoisotopic (exact) mass is 299 g/mol. The maximum absolute atomic E-state index is 5.84. The van der Waals surface area contributed by atoms with E-state index in [0.29, 0.717) is 6.04 Å². The number of anilines is 1. The van der Waals surface area contributed by atoms with Crippen molar-refractivity contribution in [2.45, 2.75) is 30.5 Å². The van der Waals surface area contributed by atoms with Crippen LogP contribution in [0.2, 0.25) is 5.02 Å². The van der Waals surface area contributed by atoms with Gasteiger partial charge in [0.15, 0.2) is 5.82 Å². The van der Waals surface area contributed by atoms with Crippen LogP contribution in [0.1, 0.15) is 19.7 Å². The average Bonchev–Trinajstić information content (AvgIpc) is 2.75. The summed E-state index contributed by atoms with van der Waals surface area (Å²) in [6, 6.07) is 8.18. The summed E-state index contributed by atoms with van der Waals surface area (Å²) in [5.74, 6) is 1.64. The molecule has 0 aliphatic heterocycles. The summed E-state index contributed by atoms with van der Waals surface area (Å²) in [4.78, 5) is 5.61. The molecule has 0 bridgehead atoms. The Kier molecular flexibility index (Phi) is 4.86. The highest BCUT2D eigenvalue weighted by Crippen LogP contribution is 2.24. The summed E-state index contributed by atoms with van der Waals surface area (Å²) in [5, 5.41) is 4.89. The number of halogens is 1. The number of rotatable bonds is 5. The highest BCUT2D eigenvalue weighted by molar-refractivity contribution is 7.98. The van der Waals surface area contributed by atoms with Gasteiger partial charge < -0.3 is 5.32 Å². The molecule has 2 rings (SSSR count). The van der Waals surface area contributed by atoms with Gasteiger partial charge >= 0.3 is 0 Å². The molecule has 0 aliphatic carbocycles. The summed E-state index contributed by atoms with van der Waals surface area (Å²) in [5.41, 5.74) is 0. The Morgan fingerprint density at radius 3 is 2.72 bits per heavy atom. The highest BCUT2D eigenvalue weighted by atomic mass is 35.5. The normalized spacial score (nSPS) is 10.9. The van der Waals surface area contributed by atoms with E-state index in [2.05, 4.69) is 28.5 Å². The van der Waals surface area contributed by atoms with Crippen LogP contribution in [0.4, 0.5) is 5.13 Å². The van der Waals surface area contributed by atoms with Crippen LogP contribution in [0.5, 0.6) is 0 Å². The Morgan fingerprint density at radius 1 is 1.33 bits per heavy atom. The van der Waals surface area contributed by atoms with Crippen LogP contribution < -0.4 is 5.32 Å². The van der Waals surface area contributed by atoms with Gasteiger partial charge in [0.25, 0.3) is 0 Å². The number of nitrogens with zero attached hydrogens (tertiary/aromatic N) is 2. The van der Waals surface area contributed by atoms with Crippen molar-refractivity contribution in [3.8, 4) is 0 Å². The molecular weight excluding hydrogens is 286 g/mol. The summed E-state index contributed by atoms with van der Waals surface area (Å²) >= 11 is 8.96. The SMILES string of the molecule is CC(C)Nc1nc(CSc2ccc(Cl)cc2)ns1. The molecule has 0 aliphatic rings. The number of hydrogen-bond acceptors (Lipinski definition) is 5. The minimum atomic E-state index is 0.384. The van der Waals surface area contributed by atoms with Crippen molar-refractivity contribution in [1.82, 2.24) is 9.36 Å². The molecule has 3 nitrogen and oxygen atoms in total. The van der Waals surface area contributed by atoms with Gasteiger partial charge in [-0.2, -0.15) is 4.37 Å². The van der Waals surface area contributed by atoms with Crippen molar-refractivity contribution in [3.05, 3.63) is 35.1 Å². The molecule has 96 valence electrons. The molecule has 2 aromatic rings. The molecule has 0 spiro atoms. The molecule has 1 aromatic heterocycles. The van der Waals surface area contributed by atoms with E-state index >= 15 is 0 Å². The van der Waals surface area contributed by atoms with E-state index in [1.54, 1.807) is 11.8 Å². The smallest absolute Gasteiger partial charge is 0.202 e. The maximum Gasteiger partial charge on any atom is 0.202 e. The van der Waals surface area contributed by atoms with Gasteiger partial charge in [0, 0.05) is 27.5 Å². The van der Waals surface area contributed by atoms with Crippen molar-refractivity contribution >= 4 is 40.0 Å². The number of hydrogen-bond donors (Lipinski definition) is 1. The fourth-order valence-corrected chi connectivity index (χ4v) is 2.99. The predicted octanol–water partition coefficient (Wildman–Crippen LogP) is 4.30. The minimum absolute atomic E-state index is 0.384. The van der Waals surface area contributed by atoms with E-state index in [0.717, 1.165) is 21.7 Å². The molecule has 0 radical (unpaired) electrons. The molecule has 0 amide bonds. The summed E-state index contributed by atoms with van der Waals surface area (Å²) in [6.45, 7) is 4.17. The van der Waals surface area contributed by atoms with Gasteiger partial charge in [-0.3, -0.25) is 0 Å². The molecule has 1 N–H and O–H groups in total. The largest absolute Gasteiger partial charge is 0.358 e. The number of aromatic nitrogens is 2. The second-order valence-corrected chi connectivity index (χ2v) is 6.29. The molecule has 0 fully saturated rings. The molecule has 1 aromatic carbocycles. The van der Waals surface area contributed by atoms with Gasteiger partial charge in [-0.05, 0) is 38.1 Å². The molecule has 18 heavy (non-hydrogen) atoms. The molecule has 0 atom stereocenters. The van der Waals surface area contributed by atoms with Gasteiger partial charge in [0.2, 0.25) is 5.13 Å². The van der Waals surface area contributed by atoms with Gasteiger partial charge in [-0.15, -0.1) is 11.8 Å². The quantitative estimate of drug-likeness (QED) is 0.835. The molecule has 1 heterocycles. The van der Waals surface area contributed by atoms with E-state index in [1.807, 2.05) is 24.3 Å². The Balaban J connectivity index is 1.90. The zero-order chi connectivity index (χ0) is 13.0. The second-order valence-electron chi connectivity index (χ2n) is 4.06. The molecule has 0 saturated carbocycles. The van der Waals surface area contributed by atoms with E-state index in [-0.39, 0.29) is 0 Å². The first kappa shape index (κ1) is 13.6. The zero-order valence-electron chi connectivity index (χ0n) is 10.2. The van der Waals surface area contributed by atoms with E-state index in [9.17, 15) is 0 Å². The Morgan fingerprint density at radius 2 is 2.06 bits per heavy atom. The van der Waals surface area contributed by atoms with Crippen molar-refractivity contribution in [2.24, 2.45) is 0 Å². The molecule has 0 unspecified atom stereocenters. The van der Waals surface area contributed by atoms with E-state index < -0.39 is 0 Å². The molecular formula is C12H14ClN3S2. The number of nitrogens with one attached hydrogen (secondary N) is 1. The average molecular weight is 300 g/mol. The Bertz CT molecular complexity index is 496. The first-order chi connectivity index (χ1) is 8.63. The lowest BCUT2D eigenvalue weighted by Gasteiger charge is -2.03. The lowest BCUT2D eigenvalue weighted by molar-refractivity contribution is 0.894. The lowest BCUT2D eigenvalue weighted by atomic mass is 10.4. The van der Waals surface area contributed by atoms with Crippen molar-refractivity contribution in [3.63, 3.8) is 0 Å². The first-order valence-corrected chi connectivity index (χ1v) is 7.74. The zero-order valence-corrected chi connectivity index (χ0v) is 12.6. The maximum atomic E-state index is 5.84. The number of benzene rings is 1. The lowest BCUT2D eigenvalue weighted by Crippen LogP contribution is -2.09. The van der Waals surface area contributed by atoms with Crippen LogP contribution in [0.3, 0.4) is 0 Å². The first-order valence-electron chi connectivity index (χ1n) is 5.61. The number of thioether (sulfide) groups is 1. The van der Waals surface area contributed by atoms with Crippen LogP contribution in [-0.2, 0) is 5.75 Å². The summed E-state index contributed by atoms with van der Waals surface area (Å²) in [6.07, 6.45) is 0. The third kappa shape index (κ3) is 4.15. The Hall–Kier alpha value is -0.780. The van der Waals surface area contributed by atoms with Crippen LogP contribution in [0, 0.1) is 0 Å². The fourth-order valence-electron chi connectivity index (χ4n) is 1.30. The van der Waals surface area contributed by atoms with Crippen LogP contribution in [0.25, 0.3) is 0 Å². The molecule has 6 heteroatoms. The Labute approximate surface area is 120 Å². The third-order valence-corrected chi connectivity index (χ3v) is 4.01. The predicted molar refractivity (Wildman–Crippen MR) is 79.7 cm³/mol. The highest BCUT2D eigenvalue weighted by Gasteiger charge is 2.05.